The first-order valence-corrected chi connectivity index (χ1v) is 10.1. The van der Waals surface area contributed by atoms with Crippen molar-refractivity contribution in [1.82, 2.24) is 0 Å². The number of hydrogen-bond donors (Lipinski definition) is 2. The molecule has 0 unspecified atom stereocenters. The van der Waals surface area contributed by atoms with Crippen LogP contribution in [-0.2, 0) is 9.59 Å². The predicted molar refractivity (Wildman–Crippen MR) is 93.7 cm³/mol. The first-order valence-electron chi connectivity index (χ1n) is 10.1. The lowest BCUT2D eigenvalue weighted by Crippen LogP contribution is -2.62. The van der Waals surface area contributed by atoms with E-state index in [1.165, 1.54) is 0 Å². The summed E-state index contributed by atoms with van der Waals surface area (Å²) in [5.41, 5.74) is -0.299. The zero-order chi connectivity index (χ0) is 18.1. The van der Waals surface area contributed by atoms with E-state index in [0.29, 0.717) is 19.3 Å². The zero-order valence-electron chi connectivity index (χ0n) is 15.7. The second-order valence-corrected chi connectivity index (χ2v) is 9.98. The highest BCUT2D eigenvalue weighted by atomic mass is 16.3. The van der Waals surface area contributed by atoms with Crippen LogP contribution in [-0.4, -0.2) is 34.0 Å². The van der Waals surface area contributed by atoms with E-state index in [4.69, 9.17) is 0 Å². The van der Waals surface area contributed by atoms with Gasteiger partial charge in [0.15, 0.2) is 0 Å². The Morgan fingerprint density at radius 3 is 2.52 bits per heavy atom. The van der Waals surface area contributed by atoms with Crippen molar-refractivity contribution in [3.8, 4) is 0 Å². The Labute approximate surface area is 150 Å². The van der Waals surface area contributed by atoms with E-state index in [1.807, 2.05) is 0 Å². The first-order chi connectivity index (χ1) is 11.7. The molecule has 0 saturated heterocycles. The van der Waals surface area contributed by atoms with Gasteiger partial charge in [-0.2, -0.15) is 0 Å². The van der Waals surface area contributed by atoms with E-state index < -0.39 is 6.10 Å². The number of fused-ring (bicyclic) bond motifs is 5. The summed E-state index contributed by atoms with van der Waals surface area (Å²) in [5, 5.41) is 21.3. The fourth-order valence-corrected chi connectivity index (χ4v) is 7.69. The van der Waals surface area contributed by atoms with Crippen molar-refractivity contribution >= 4 is 11.6 Å². The maximum absolute atomic E-state index is 13.2. The Kier molecular flexibility index (Phi) is 3.98. The smallest absolute Gasteiger partial charge is 0.136 e. The molecule has 0 aromatic rings. The van der Waals surface area contributed by atoms with Crippen molar-refractivity contribution in [1.29, 1.82) is 0 Å². The Morgan fingerprint density at radius 1 is 1.12 bits per heavy atom. The molecule has 4 heteroatoms. The van der Waals surface area contributed by atoms with Crippen LogP contribution in [0.5, 0.6) is 0 Å². The van der Waals surface area contributed by atoms with Crippen molar-refractivity contribution in [3.05, 3.63) is 0 Å². The molecule has 0 aliphatic heterocycles. The molecule has 0 spiro atoms. The van der Waals surface area contributed by atoms with Crippen LogP contribution in [0.15, 0.2) is 0 Å². The zero-order valence-corrected chi connectivity index (χ0v) is 15.7. The third-order valence-electron chi connectivity index (χ3n) is 8.87. The van der Waals surface area contributed by atoms with E-state index in [0.717, 1.165) is 25.7 Å². The average molecular weight is 348 g/mol. The van der Waals surface area contributed by atoms with Gasteiger partial charge >= 0.3 is 0 Å². The Hall–Kier alpha value is -0.740. The minimum atomic E-state index is -0.516. The van der Waals surface area contributed by atoms with E-state index in [-0.39, 0.29) is 58.1 Å². The van der Waals surface area contributed by atoms with E-state index in [9.17, 15) is 19.8 Å². The highest BCUT2D eigenvalue weighted by Crippen LogP contribution is 2.66. The number of carbonyl (C=O) groups excluding carboxylic acids is 2. The standard InChI is InChI=1S/C21H32O4/c1-11(22)14-4-5-15-18-16(24)9-12-8-13(23)6-7-20(12,2)19(18)17(25)10-21(14,15)3/h12-15,17-19,23,25H,4-10H2,1-3H3/t12-,13-,14+,15-,17-,18-,19+,20+,21+/m1/s1. The molecule has 4 aliphatic carbocycles. The summed E-state index contributed by atoms with van der Waals surface area (Å²) in [5.74, 6) is 0.787. The van der Waals surface area contributed by atoms with Gasteiger partial charge in [-0.1, -0.05) is 13.8 Å². The predicted octanol–water partition coefficient (Wildman–Crippen LogP) is 2.75. The lowest BCUT2D eigenvalue weighted by molar-refractivity contribution is -0.185. The third kappa shape index (κ3) is 2.32. The van der Waals surface area contributed by atoms with E-state index in [2.05, 4.69) is 13.8 Å². The second-order valence-electron chi connectivity index (χ2n) is 9.98. The molecule has 140 valence electrons. The molecule has 9 atom stereocenters. The van der Waals surface area contributed by atoms with Crippen LogP contribution in [0.3, 0.4) is 0 Å². The highest BCUT2D eigenvalue weighted by Gasteiger charge is 2.65. The number of aliphatic hydroxyl groups excluding tert-OH is 2. The summed E-state index contributed by atoms with van der Waals surface area (Å²) >= 11 is 0. The molecule has 0 aromatic carbocycles. The molecule has 0 aromatic heterocycles. The van der Waals surface area contributed by atoms with Gasteiger partial charge in [-0.05, 0) is 68.1 Å². The topological polar surface area (TPSA) is 74.6 Å². The largest absolute Gasteiger partial charge is 0.393 e. The van der Waals surface area contributed by atoms with Crippen LogP contribution in [0, 0.1) is 40.4 Å². The van der Waals surface area contributed by atoms with Gasteiger partial charge in [0.2, 0.25) is 0 Å². The van der Waals surface area contributed by atoms with Crippen LogP contribution in [0.4, 0.5) is 0 Å². The number of rotatable bonds is 1. The third-order valence-corrected chi connectivity index (χ3v) is 8.87. The van der Waals surface area contributed by atoms with Crippen molar-refractivity contribution in [2.24, 2.45) is 40.4 Å². The lowest BCUT2D eigenvalue weighted by atomic mass is 9.43. The Morgan fingerprint density at radius 2 is 1.84 bits per heavy atom. The molecule has 2 N–H and O–H groups in total. The Bertz CT molecular complexity index is 601. The number of aliphatic hydroxyl groups is 2. The number of carbonyl (C=O) groups is 2. The van der Waals surface area contributed by atoms with Crippen molar-refractivity contribution in [2.75, 3.05) is 0 Å². The van der Waals surface area contributed by atoms with Gasteiger partial charge in [0.05, 0.1) is 12.2 Å². The molecule has 4 saturated carbocycles. The molecule has 4 fully saturated rings. The fourth-order valence-electron chi connectivity index (χ4n) is 7.69. The van der Waals surface area contributed by atoms with Gasteiger partial charge < -0.3 is 10.2 Å². The highest BCUT2D eigenvalue weighted by molar-refractivity contribution is 5.84. The van der Waals surface area contributed by atoms with Crippen molar-refractivity contribution in [2.45, 2.75) is 77.9 Å². The van der Waals surface area contributed by atoms with Gasteiger partial charge in [-0.25, -0.2) is 0 Å². The lowest BCUT2D eigenvalue weighted by Gasteiger charge is -2.61. The SMILES string of the molecule is CC(=O)[C@@H]1CC[C@@H]2[C@@H]3C(=O)C[C@H]4C[C@H](O)CC[C@]4(C)[C@H]3[C@H](O)C[C@]21C. The van der Waals surface area contributed by atoms with Gasteiger partial charge in [-0.3, -0.25) is 9.59 Å². The molecule has 4 rings (SSSR count). The molecule has 4 aliphatic rings. The van der Waals surface area contributed by atoms with Crippen LogP contribution in [0.25, 0.3) is 0 Å². The molecular weight excluding hydrogens is 316 g/mol. The minimum absolute atomic E-state index is 0.00460. The molecule has 25 heavy (non-hydrogen) atoms. The van der Waals surface area contributed by atoms with Gasteiger partial charge in [0.1, 0.15) is 11.6 Å². The van der Waals surface area contributed by atoms with Crippen LogP contribution >= 0.6 is 0 Å². The molecule has 0 heterocycles. The molecule has 0 radical (unpaired) electrons. The van der Waals surface area contributed by atoms with Crippen LogP contribution in [0.1, 0.15) is 65.7 Å². The first kappa shape index (κ1) is 17.7. The molecule has 4 nitrogen and oxygen atoms in total. The van der Waals surface area contributed by atoms with Crippen LogP contribution < -0.4 is 0 Å². The summed E-state index contributed by atoms with van der Waals surface area (Å²) in [6, 6.07) is 0. The summed E-state index contributed by atoms with van der Waals surface area (Å²) in [4.78, 5) is 25.3. The number of ketones is 2. The monoisotopic (exact) mass is 348 g/mol. The summed E-state index contributed by atoms with van der Waals surface area (Å²) in [7, 11) is 0. The maximum Gasteiger partial charge on any atom is 0.136 e. The maximum atomic E-state index is 13.2. The minimum Gasteiger partial charge on any atom is -0.393 e. The van der Waals surface area contributed by atoms with Crippen molar-refractivity contribution < 1.29 is 19.8 Å². The summed E-state index contributed by atoms with van der Waals surface area (Å²) < 4.78 is 0. The fraction of sp³-hybridized carbons (Fsp3) is 0.905. The number of hydrogen-bond acceptors (Lipinski definition) is 4. The van der Waals surface area contributed by atoms with E-state index >= 15 is 0 Å². The molecule has 0 amide bonds. The van der Waals surface area contributed by atoms with Crippen molar-refractivity contribution in [3.63, 3.8) is 0 Å². The second kappa shape index (κ2) is 5.63. The quantitative estimate of drug-likeness (QED) is 0.764. The average Bonchev–Trinajstić information content (AvgIpc) is 2.85. The number of Topliss-reactive ketones (excluding diaryl/α,β-unsaturated/α-hetero) is 2. The van der Waals surface area contributed by atoms with Crippen LogP contribution in [0.2, 0.25) is 0 Å². The van der Waals surface area contributed by atoms with Gasteiger partial charge in [-0.15, -0.1) is 0 Å². The normalized spacial score (nSPS) is 55.2. The van der Waals surface area contributed by atoms with Gasteiger partial charge in [0, 0.05) is 24.2 Å². The Balaban J connectivity index is 1.73. The molecular formula is C21H32O4. The van der Waals surface area contributed by atoms with E-state index in [1.54, 1.807) is 6.92 Å². The summed E-state index contributed by atoms with van der Waals surface area (Å²) in [6.45, 7) is 6.05. The molecule has 0 bridgehead atoms. The summed E-state index contributed by atoms with van der Waals surface area (Å²) in [6.07, 6.45) is 4.51. The van der Waals surface area contributed by atoms with Gasteiger partial charge in [0.25, 0.3) is 0 Å².